The van der Waals surface area contributed by atoms with Crippen molar-refractivity contribution in [3.63, 3.8) is 0 Å². The van der Waals surface area contributed by atoms with Crippen molar-refractivity contribution >= 4 is 35.2 Å². The number of aromatic nitrogens is 2. The summed E-state index contributed by atoms with van der Waals surface area (Å²) in [6, 6.07) is 10.5. The minimum Gasteiger partial charge on any atom is -0.419 e. The fraction of sp³-hybridized carbons (Fsp3) is 0.227. The number of halogens is 5. The van der Waals surface area contributed by atoms with Crippen molar-refractivity contribution < 1.29 is 22.4 Å². The first kappa shape index (κ1) is 22.4. The van der Waals surface area contributed by atoms with Crippen LogP contribution in [0.2, 0.25) is 10.0 Å². The fourth-order valence-corrected chi connectivity index (χ4v) is 3.55. The predicted octanol–water partition coefficient (Wildman–Crippen LogP) is 6.27. The van der Waals surface area contributed by atoms with Crippen LogP contribution in [-0.4, -0.2) is 27.0 Å². The van der Waals surface area contributed by atoms with Crippen molar-refractivity contribution in [2.45, 2.75) is 31.6 Å². The van der Waals surface area contributed by atoms with Crippen molar-refractivity contribution in [3.05, 3.63) is 75.6 Å². The molecule has 4 rings (SSSR count). The maximum Gasteiger partial charge on any atom is 0.417 e. The van der Waals surface area contributed by atoms with Gasteiger partial charge in [0.15, 0.2) is 0 Å². The molecule has 5 nitrogen and oxygen atoms in total. The first-order chi connectivity index (χ1) is 15.2. The quantitative estimate of drug-likeness (QED) is 0.389. The summed E-state index contributed by atoms with van der Waals surface area (Å²) in [4.78, 5) is 14.3. The third kappa shape index (κ3) is 5.14. The molecule has 0 unspecified atom stereocenters. The molecule has 0 saturated heterocycles. The van der Waals surface area contributed by atoms with E-state index in [1.54, 1.807) is 29.2 Å². The zero-order valence-corrected chi connectivity index (χ0v) is 18.0. The molecule has 1 aliphatic rings. The highest BCUT2D eigenvalue weighted by atomic mass is 35.5. The first-order valence-corrected chi connectivity index (χ1v) is 10.4. The zero-order chi connectivity index (χ0) is 22.9. The highest BCUT2D eigenvalue weighted by Gasteiger charge is 2.34. The van der Waals surface area contributed by atoms with Crippen molar-refractivity contribution in [1.82, 2.24) is 15.1 Å². The first-order valence-electron chi connectivity index (χ1n) is 9.65. The summed E-state index contributed by atoms with van der Waals surface area (Å²) in [5.74, 6) is 0.109. The topological polar surface area (TPSA) is 59.2 Å². The van der Waals surface area contributed by atoms with Crippen molar-refractivity contribution in [3.8, 4) is 11.5 Å². The molecule has 0 aliphatic heterocycles. The molecule has 0 radical (unpaired) electrons. The second-order valence-electron chi connectivity index (χ2n) is 7.25. The summed E-state index contributed by atoms with van der Waals surface area (Å²) in [6.45, 7) is 0.0830. The number of carbonyl (C=O) groups is 1. The van der Waals surface area contributed by atoms with Gasteiger partial charge in [-0.1, -0.05) is 41.4 Å². The van der Waals surface area contributed by atoms with Crippen LogP contribution in [0.3, 0.4) is 0 Å². The fourth-order valence-electron chi connectivity index (χ4n) is 3.11. The van der Waals surface area contributed by atoms with Crippen LogP contribution in [0.4, 0.5) is 13.2 Å². The Morgan fingerprint density at radius 3 is 2.56 bits per heavy atom. The molecule has 10 heteroatoms. The van der Waals surface area contributed by atoms with Gasteiger partial charge in [-0.15, -0.1) is 10.2 Å². The van der Waals surface area contributed by atoms with Gasteiger partial charge in [0, 0.05) is 12.1 Å². The summed E-state index contributed by atoms with van der Waals surface area (Å²) in [7, 11) is 0. The Kier molecular flexibility index (Phi) is 6.26. The van der Waals surface area contributed by atoms with Crippen LogP contribution in [0.1, 0.15) is 29.9 Å². The molecule has 166 valence electrons. The molecular formula is C22H16Cl2F3N3O2. The van der Waals surface area contributed by atoms with Gasteiger partial charge < -0.3 is 9.32 Å². The number of carbonyl (C=O) groups excluding carboxylic acids is 1. The van der Waals surface area contributed by atoms with E-state index >= 15 is 0 Å². The normalized spacial score (nSPS) is 14.2. The van der Waals surface area contributed by atoms with E-state index in [2.05, 4.69) is 10.2 Å². The third-order valence-corrected chi connectivity index (χ3v) is 5.52. The molecule has 0 spiro atoms. The van der Waals surface area contributed by atoms with Gasteiger partial charge in [-0.3, -0.25) is 4.79 Å². The molecule has 0 N–H and O–H groups in total. The van der Waals surface area contributed by atoms with E-state index in [1.165, 1.54) is 18.2 Å². The van der Waals surface area contributed by atoms with Gasteiger partial charge in [0.05, 0.1) is 27.7 Å². The van der Waals surface area contributed by atoms with E-state index < -0.39 is 16.8 Å². The Hall–Kier alpha value is -2.84. The molecule has 1 heterocycles. The Balaban J connectivity index is 1.50. The molecule has 2 aromatic carbocycles. The SMILES string of the molecule is O=C(/C=C/c1ccc(Cl)c(C(F)(F)F)c1)N(Cc1nnc(-c2ccccc2Cl)o1)C1CC1. The van der Waals surface area contributed by atoms with Crippen molar-refractivity contribution in [1.29, 1.82) is 0 Å². The van der Waals surface area contributed by atoms with Gasteiger partial charge in [-0.2, -0.15) is 13.2 Å². The Morgan fingerprint density at radius 1 is 1.12 bits per heavy atom. The molecule has 0 bridgehead atoms. The van der Waals surface area contributed by atoms with E-state index in [1.807, 2.05) is 0 Å². The predicted molar refractivity (Wildman–Crippen MR) is 114 cm³/mol. The summed E-state index contributed by atoms with van der Waals surface area (Å²) >= 11 is 11.8. The van der Waals surface area contributed by atoms with Crippen LogP contribution < -0.4 is 0 Å². The molecule has 3 aromatic rings. The van der Waals surface area contributed by atoms with Crippen LogP contribution in [0, 0.1) is 0 Å². The van der Waals surface area contributed by atoms with Crippen molar-refractivity contribution in [2.75, 3.05) is 0 Å². The molecule has 0 atom stereocenters. The van der Waals surface area contributed by atoms with Crippen LogP contribution >= 0.6 is 23.2 Å². The smallest absolute Gasteiger partial charge is 0.417 e. The highest BCUT2D eigenvalue weighted by molar-refractivity contribution is 6.33. The summed E-state index contributed by atoms with van der Waals surface area (Å²) in [5.41, 5.74) is -0.157. The van der Waals surface area contributed by atoms with Crippen LogP contribution in [0.25, 0.3) is 17.5 Å². The minimum absolute atomic E-state index is 0.0127. The summed E-state index contributed by atoms with van der Waals surface area (Å²) in [6.07, 6.45) is -0.379. The van der Waals surface area contributed by atoms with Gasteiger partial charge in [-0.05, 0) is 48.7 Å². The van der Waals surface area contributed by atoms with Gasteiger partial charge in [-0.25, -0.2) is 0 Å². The average Bonchev–Trinajstić information content (AvgIpc) is 3.48. The van der Waals surface area contributed by atoms with E-state index in [9.17, 15) is 18.0 Å². The molecule has 1 saturated carbocycles. The second kappa shape index (κ2) is 8.96. The van der Waals surface area contributed by atoms with Crippen LogP contribution in [0.5, 0.6) is 0 Å². The largest absolute Gasteiger partial charge is 0.419 e. The molecular weight excluding hydrogens is 466 g/mol. The molecule has 1 fully saturated rings. The lowest BCUT2D eigenvalue weighted by molar-refractivity contribution is -0.137. The second-order valence-corrected chi connectivity index (χ2v) is 8.06. The number of nitrogens with zero attached hydrogens (tertiary/aromatic N) is 3. The van der Waals surface area contributed by atoms with E-state index in [4.69, 9.17) is 27.6 Å². The Bertz CT molecular complexity index is 1170. The number of hydrogen-bond acceptors (Lipinski definition) is 4. The minimum atomic E-state index is -4.58. The maximum atomic E-state index is 13.0. The van der Waals surface area contributed by atoms with Gasteiger partial charge in [0.25, 0.3) is 0 Å². The third-order valence-electron chi connectivity index (χ3n) is 4.86. The number of rotatable bonds is 6. The number of amides is 1. The monoisotopic (exact) mass is 481 g/mol. The highest BCUT2D eigenvalue weighted by Crippen LogP contribution is 2.35. The summed E-state index contributed by atoms with van der Waals surface area (Å²) in [5, 5.41) is 8.06. The lowest BCUT2D eigenvalue weighted by atomic mass is 10.1. The standard InChI is InChI=1S/C22H16Cl2F3N3O2/c23-17-4-2-1-3-15(17)21-29-28-19(32-21)12-30(14-7-8-14)20(31)10-6-13-5-9-18(24)16(11-13)22(25,26)27/h1-6,9-11,14H,7-8,12H2/b10-6+. The molecule has 1 aliphatic carbocycles. The molecule has 1 amide bonds. The lowest BCUT2D eigenvalue weighted by Crippen LogP contribution is -2.31. The average molecular weight is 482 g/mol. The van der Waals surface area contributed by atoms with Crippen molar-refractivity contribution in [2.24, 2.45) is 0 Å². The number of hydrogen-bond donors (Lipinski definition) is 0. The lowest BCUT2D eigenvalue weighted by Gasteiger charge is -2.18. The Morgan fingerprint density at radius 2 is 1.88 bits per heavy atom. The molecule has 32 heavy (non-hydrogen) atoms. The summed E-state index contributed by atoms with van der Waals surface area (Å²) < 4.78 is 44.8. The van der Waals surface area contributed by atoms with Crippen LogP contribution in [0.15, 0.2) is 53.0 Å². The van der Waals surface area contributed by atoms with E-state index in [0.29, 0.717) is 10.6 Å². The molecule has 1 aromatic heterocycles. The number of alkyl halides is 3. The zero-order valence-electron chi connectivity index (χ0n) is 16.4. The number of benzene rings is 2. The van der Waals surface area contributed by atoms with Gasteiger partial charge >= 0.3 is 6.18 Å². The Labute approximate surface area is 191 Å². The van der Waals surface area contributed by atoms with Gasteiger partial charge in [0.1, 0.15) is 0 Å². The van der Waals surface area contributed by atoms with Crippen LogP contribution in [-0.2, 0) is 17.5 Å². The maximum absolute atomic E-state index is 13.0. The van der Waals surface area contributed by atoms with E-state index in [-0.39, 0.29) is 35.8 Å². The van der Waals surface area contributed by atoms with E-state index in [0.717, 1.165) is 25.0 Å². The van der Waals surface area contributed by atoms with Gasteiger partial charge in [0.2, 0.25) is 17.7 Å².